The number of morpholine rings is 1. The molecule has 7 heteroatoms. The van der Waals surface area contributed by atoms with E-state index in [-0.39, 0.29) is 30.7 Å². The van der Waals surface area contributed by atoms with E-state index in [0.29, 0.717) is 5.56 Å². The number of nitrogens with zero attached hydrogens (tertiary/aromatic N) is 2. The summed E-state index contributed by atoms with van der Waals surface area (Å²) in [5.74, 6) is 0. The molecule has 0 aromatic heterocycles. The smallest absolute Gasteiger partial charge is 0.243 e. The number of aliphatic hydroxyl groups is 1. The first-order chi connectivity index (χ1) is 9.47. The molecule has 0 bridgehead atoms. The fourth-order valence-corrected chi connectivity index (χ4v) is 3.70. The minimum atomic E-state index is -3.63. The molecule has 0 aliphatic carbocycles. The number of aliphatic hydroxyl groups excluding tert-OH is 1. The zero-order valence-corrected chi connectivity index (χ0v) is 11.9. The number of nitriles is 1. The third kappa shape index (κ3) is 2.99. The Kier molecular flexibility index (Phi) is 4.40. The van der Waals surface area contributed by atoms with E-state index in [0.717, 1.165) is 0 Å². The third-order valence-corrected chi connectivity index (χ3v) is 4.96. The van der Waals surface area contributed by atoms with Gasteiger partial charge in [-0.3, -0.25) is 0 Å². The second-order valence-electron chi connectivity index (χ2n) is 4.71. The van der Waals surface area contributed by atoms with Gasteiger partial charge in [0.25, 0.3) is 0 Å². The molecule has 0 amide bonds. The zero-order valence-electron chi connectivity index (χ0n) is 11.1. The summed E-state index contributed by atoms with van der Waals surface area (Å²) in [6.07, 6.45) is -0.777. The predicted molar refractivity (Wildman–Crippen MR) is 71.3 cm³/mol. The molecule has 1 saturated heterocycles. The van der Waals surface area contributed by atoms with Crippen molar-refractivity contribution in [3.63, 3.8) is 0 Å². The molecule has 1 heterocycles. The zero-order chi connectivity index (χ0) is 14.8. The molecule has 1 fully saturated rings. The maximum Gasteiger partial charge on any atom is 0.243 e. The molecule has 2 rings (SSSR count). The molecule has 108 valence electrons. The van der Waals surface area contributed by atoms with Crippen LogP contribution in [0.2, 0.25) is 0 Å². The first kappa shape index (κ1) is 14.9. The second kappa shape index (κ2) is 5.89. The Morgan fingerprint density at radius 2 is 2.05 bits per heavy atom. The predicted octanol–water partition coefficient (Wildman–Crippen LogP) is 0.329. The van der Waals surface area contributed by atoms with Gasteiger partial charge in [-0.1, -0.05) is 0 Å². The van der Waals surface area contributed by atoms with E-state index in [2.05, 4.69) is 0 Å². The van der Waals surface area contributed by atoms with E-state index in [1.54, 1.807) is 6.92 Å². The van der Waals surface area contributed by atoms with Gasteiger partial charge in [-0.05, 0) is 31.2 Å². The summed E-state index contributed by atoms with van der Waals surface area (Å²) >= 11 is 0. The Morgan fingerprint density at radius 1 is 1.40 bits per heavy atom. The lowest BCUT2D eigenvalue weighted by molar-refractivity contribution is -0.0750. The van der Waals surface area contributed by atoms with Crippen LogP contribution >= 0.6 is 0 Å². The number of benzene rings is 1. The minimum Gasteiger partial charge on any atom is -0.394 e. The van der Waals surface area contributed by atoms with Crippen molar-refractivity contribution >= 4 is 10.0 Å². The van der Waals surface area contributed by atoms with Gasteiger partial charge in [0.2, 0.25) is 10.0 Å². The molecule has 1 aliphatic heterocycles. The average molecular weight is 296 g/mol. The SMILES string of the molecule is CC1CN(S(=O)(=O)c2ccc(C#N)cc2)CC(CO)O1. The Hall–Kier alpha value is -1.46. The van der Waals surface area contributed by atoms with Crippen molar-refractivity contribution in [1.82, 2.24) is 4.31 Å². The number of rotatable bonds is 3. The van der Waals surface area contributed by atoms with Gasteiger partial charge in [-0.2, -0.15) is 9.57 Å². The van der Waals surface area contributed by atoms with Gasteiger partial charge in [0.1, 0.15) is 0 Å². The number of ether oxygens (including phenoxy) is 1. The number of hydrogen-bond donors (Lipinski definition) is 1. The molecule has 1 N–H and O–H groups in total. The standard InChI is InChI=1S/C13H16N2O4S/c1-10-7-15(8-12(9-16)19-10)20(17,18)13-4-2-11(6-14)3-5-13/h2-5,10,12,16H,7-9H2,1H3. The summed E-state index contributed by atoms with van der Waals surface area (Å²) in [5.41, 5.74) is 0.410. The van der Waals surface area contributed by atoms with Crippen LogP contribution in [0.4, 0.5) is 0 Å². The Labute approximate surface area is 118 Å². The summed E-state index contributed by atoms with van der Waals surface area (Å²) in [7, 11) is -3.63. The fraction of sp³-hybridized carbons (Fsp3) is 0.462. The van der Waals surface area contributed by atoms with Crippen molar-refractivity contribution in [2.75, 3.05) is 19.7 Å². The lowest BCUT2D eigenvalue weighted by Crippen LogP contribution is -2.50. The molecule has 6 nitrogen and oxygen atoms in total. The molecule has 0 spiro atoms. The van der Waals surface area contributed by atoms with Crippen LogP contribution in [0.5, 0.6) is 0 Å². The summed E-state index contributed by atoms with van der Waals surface area (Å²) in [6, 6.07) is 7.73. The van der Waals surface area contributed by atoms with Crippen molar-refractivity contribution in [3.05, 3.63) is 29.8 Å². The van der Waals surface area contributed by atoms with Gasteiger partial charge in [-0.25, -0.2) is 8.42 Å². The quantitative estimate of drug-likeness (QED) is 0.868. The summed E-state index contributed by atoms with van der Waals surface area (Å²) < 4.78 is 31.7. The number of sulfonamides is 1. The highest BCUT2D eigenvalue weighted by Crippen LogP contribution is 2.21. The molecular weight excluding hydrogens is 280 g/mol. The average Bonchev–Trinajstić information content (AvgIpc) is 2.46. The van der Waals surface area contributed by atoms with Crippen molar-refractivity contribution in [2.45, 2.75) is 24.0 Å². The first-order valence-corrected chi connectivity index (χ1v) is 7.68. The van der Waals surface area contributed by atoms with Crippen LogP contribution in [-0.4, -0.2) is 49.7 Å². The molecule has 0 saturated carbocycles. The highest BCUT2D eigenvalue weighted by molar-refractivity contribution is 7.89. The largest absolute Gasteiger partial charge is 0.394 e. The van der Waals surface area contributed by atoms with Crippen LogP contribution in [0.3, 0.4) is 0 Å². The molecule has 1 aliphatic rings. The topological polar surface area (TPSA) is 90.6 Å². The Bertz CT molecular complexity index is 606. The van der Waals surface area contributed by atoms with Gasteiger partial charge >= 0.3 is 0 Å². The van der Waals surface area contributed by atoms with Gasteiger partial charge in [0, 0.05) is 13.1 Å². The van der Waals surface area contributed by atoms with Crippen LogP contribution in [0.1, 0.15) is 12.5 Å². The normalized spacial score (nSPS) is 24.2. The van der Waals surface area contributed by atoms with E-state index in [9.17, 15) is 8.42 Å². The maximum atomic E-state index is 12.5. The van der Waals surface area contributed by atoms with Gasteiger partial charge in [-0.15, -0.1) is 0 Å². The lowest BCUT2D eigenvalue weighted by Gasteiger charge is -2.35. The van der Waals surface area contributed by atoms with Gasteiger partial charge in [0.15, 0.2) is 0 Å². The number of hydrogen-bond acceptors (Lipinski definition) is 5. The molecule has 0 radical (unpaired) electrons. The molecule has 1 aromatic rings. The molecular formula is C13H16N2O4S. The summed E-state index contributed by atoms with van der Waals surface area (Å²) in [6.45, 7) is 1.93. The highest BCUT2D eigenvalue weighted by atomic mass is 32.2. The van der Waals surface area contributed by atoms with Crippen LogP contribution in [-0.2, 0) is 14.8 Å². The van der Waals surface area contributed by atoms with Crippen molar-refractivity contribution in [2.24, 2.45) is 0 Å². The fourth-order valence-electron chi connectivity index (χ4n) is 2.15. The Balaban J connectivity index is 2.27. The van der Waals surface area contributed by atoms with Crippen molar-refractivity contribution < 1.29 is 18.3 Å². The van der Waals surface area contributed by atoms with Crippen LogP contribution in [0, 0.1) is 11.3 Å². The van der Waals surface area contributed by atoms with Crippen molar-refractivity contribution in [1.29, 1.82) is 5.26 Å². The van der Waals surface area contributed by atoms with E-state index in [1.807, 2.05) is 6.07 Å². The minimum absolute atomic E-state index is 0.128. The molecule has 1 aromatic carbocycles. The second-order valence-corrected chi connectivity index (χ2v) is 6.65. The maximum absolute atomic E-state index is 12.5. The van der Waals surface area contributed by atoms with E-state index in [4.69, 9.17) is 15.1 Å². The Morgan fingerprint density at radius 3 is 2.60 bits per heavy atom. The van der Waals surface area contributed by atoms with Gasteiger partial charge in [0.05, 0.1) is 35.3 Å². The first-order valence-electron chi connectivity index (χ1n) is 6.24. The summed E-state index contributed by atoms with van der Waals surface area (Å²) in [4.78, 5) is 0.141. The van der Waals surface area contributed by atoms with E-state index >= 15 is 0 Å². The third-order valence-electron chi connectivity index (χ3n) is 3.12. The van der Waals surface area contributed by atoms with Crippen LogP contribution < -0.4 is 0 Å². The van der Waals surface area contributed by atoms with Crippen molar-refractivity contribution in [3.8, 4) is 6.07 Å². The summed E-state index contributed by atoms with van der Waals surface area (Å²) in [5, 5.41) is 17.9. The van der Waals surface area contributed by atoms with E-state index < -0.39 is 16.1 Å². The highest BCUT2D eigenvalue weighted by Gasteiger charge is 2.33. The molecule has 20 heavy (non-hydrogen) atoms. The lowest BCUT2D eigenvalue weighted by atomic mass is 10.2. The molecule has 2 atom stereocenters. The van der Waals surface area contributed by atoms with Gasteiger partial charge < -0.3 is 9.84 Å². The monoisotopic (exact) mass is 296 g/mol. The molecule has 2 unspecified atom stereocenters. The van der Waals surface area contributed by atoms with Crippen LogP contribution in [0.15, 0.2) is 29.2 Å². The van der Waals surface area contributed by atoms with Crippen LogP contribution in [0.25, 0.3) is 0 Å². The van der Waals surface area contributed by atoms with E-state index in [1.165, 1.54) is 28.6 Å².